The monoisotopic (exact) mass is 252 g/mol. The molecule has 4 nitrogen and oxygen atoms in total. The molecule has 1 heterocycles. The van der Waals surface area contributed by atoms with Gasteiger partial charge in [-0.15, -0.1) is 0 Å². The van der Waals surface area contributed by atoms with Gasteiger partial charge < -0.3 is 10.2 Å². The molecule has 1 rings (SSSR count). The molecule has 0 radical (unpaired) electrons. The minimum absolute atomic E-state index is 0.0602. The van der Waals surface area contributed by atoms with Crippen molar-refractivity contribution in [2.75, 3.05) is 13.1 Å². The fourth-order valence-electron chi connectivity index (χ4n) is 1.87. The molecule has 1 fully saturated rings. The van der Waals surface area contributed by atoms with Crippen LogP contribution in [0.4, 0.5) is 13.2 Å². The number of hydrogen-bond donors (Lipinski definition) is 1. The Hall–Kier alpha value is -1.27. The van der Waals surface area contributed by atoms with Gasteiger partial charge in [0.2, 0.25) is 11.8 Å². The van der Waals surface area contributed by atoms with Crippen LogP contribution in [0.25, 0.3) is 0 Å². The van der Waals surface area contributed by atoms with Crippen molar-refractivity contribution in [2.45, 2.75) is 38.4 Å². The summed E-state index contributed by atoms with van der Waals surface area (Å²) in [7, 11) is 0. The number of alkyl halides is 3. The number of nitrogens with zero attached hydrogens (tertiary/aromatic N) is 1. The third-order valence-corrected chi connectivity index (χ3v) is 2.69. The molecule has 98 valence electrons. The molecule has 0 bridgehead atoms. The molecule has 0 saturated carbocycles. The van der Waals surface area contributed by atoms with E-state index in [-0.39, 0.29) is 19.5 Å². The molecule has 0 spiro atoms. The van der Waals surface area contributed by atoms with Crippen molar-refractivity contribution < 1.29 is 22.8 Å². The quantitative estimate of drug-likeness (QED) is 0.799. The van der Waals surface area contributed by atoms with Crippen molar-refractivity contribution >= 4 is 11.8 Å². The van der Waals surface area contributed by atoms with Crippen LogP contribution in [-0.2, 0) is 9.59 Å². The fraction of sp³-hybridized carbons (Fsp3) is 0.800. The number of likely N-dealkylation sites (tertiary alicyclic amines) is 1. The zero-order valence-electron chi connectivity index (χ0n) is 9.51. The lowest BCUT2D eigenvalue weighted by Crippen LogP contribution is -2.53. The topological polar surface area (TPSA) is 49.4 Å². The van der Waals surface area contributed by atoms with Gasteiger partial charge in [0.25, 0.3) is 0 Å². The van der Waals surface area contributed by atoms with Crippen LogP contribution in [-0.4, -0.2) is 42.0 Å². The zero-order chi connectivity index (χ0) is 13.1. The van der Waals surface area contributed by atoms with Crippen LogP contribution in [0.15, 0.2) is 0 Å². The number of amides is 2. The fourth-order valence-corrected chi connectivity index (χ4v) is 1.87. The van der Waals surface area contributed by atoms with E-state index in [0.29, 0.717) is 12.8 Å². The number of carbonyl (C=O) groups excluding carboxylic acids is 2. The lowest BCUT2D eigenvalue weighted by molar-refractivity contribution is -0.195. The Bertz CT molecular complexity index is 304. The highest BCUT2D eigenvalue weighted by molar-refractivity contribution is 5.84. The van der Waals surface area contributed by atoms with Crippen molar-refractivity contribution in [3.8, 4) is 0 Å². The van der Waals surface area contributed by atoms with E-state index in [4.69, 9.17) is 0 Å². The highest BCUT2D eigenvalue weighted by Crippen LogP contribution is 2.31. The van der Waals surface area contributed by atoms with Crippen molar-refractivity contribution in [1.82, 2.24) is 10.2 Å². The molecule has 1 unspecified atom stereocenters. The summed E-state index contributed by atoms with van der Waals surface area (Å²) in [5, 5.41) is 2.22. The predicted molar refractivity (Wildman–Crippen MR) is 54.1 cm³/mol. The first-order chi connectivity index (χ1) is 7.82. The van der Waals surface area contributed by atoms with E-state index in [1.54, 1.807) is 0 Å². The van der Waals surface area contributed by atoms with Gasteiger partial charge in [-0.25, -0.2) is 0 Å². The van der Waals surface area contributed by atoms with Crippen LogP contribution in [0.2, 0.25) is 0 Å². The first-order valence-electron chi connectivity index (χ1n) is 5.43. The molecule has 0 aromatic carbocycles. The van der Waals surface area contributed by atoms with Gasteiger partial charge in [0.05, 0.1) is 6.54 Å². The molecule has 17 heavy (non-hydrogen) atoms. The highest BCUT2D eigenvalue weighted by atomic mass is 19.4. The lowest BCUT2D eigenvalue weighted by Gasteiger charge is -2.36. The van der Waals surface area contributed by atoms with Gasteiger partial charge in [-0.2, -0.15) is 13.2 Å². The maximum Gasteiger partial charge on any atom is 0.408 e. The summed E-state index contributed by atoms with van der Waals surface area (Å²) in [5.74, 6) is -1.11. The summed E-state index contributed by atoms with van der Waals surface area (Å²) in [5.41, 5.74) is 0. The first-order valence-corrected chi connectivity index (χ1v) is 5.43. The van der Waals surface area contributed by atoms with Crippen LogP contribution in [0.5, 0.6) is 0 Å². The first kappa shape index (κ1) is 13.8. The smallest absolute Gasteiger partial charge is 0.347 e. The summed E-state index contributed by atoms with van der Waals surface area (Å²) < 4.78 is 38.0. The van der Waals surface area contributed by atoms with Gasteiger partial charge in [-0.05, 0) is 19.3 Å². The molecule has 0 aromatic rings. The molecule has 0 aliphatic carbocycles. The molecule has 1 atom stereocenters. The summed E-state index contributed by atoms with van der Waals surface area (Å²) in [6.45, 7) is 0.940. The summed E-state index contributed by atoms with van der Waals surface area (Å²) in [4.78, 5) is 23.0. The molecule has 0 aromatic heterocycles. The Morgan fingerprint density at radius 3 is 2.53 bits per heavy atom. The molecular weight excluding hydrogens is 237 g/mol. The maximum absolute atomic E-state index is 12.7. The second-order valence-electron chi connectivity index (χ2n) is 4.05. The molecule has 1 aliphatic heterocycles. The highest BCUT2D eigenvalue weighted by Gasteiger charge is 2.46. The standard InChI is InChI=1S/C10H15F3N2O2/c1-7(16)14-6-9(17)15-5-3-2-4-8(15)10(11,12)13/h8H,2-6H2,1H3,(H,14,16). The Morgan fingerprint density at radius 1 is 1.35 bits per heavy atom. The zero-order valence-corrected chi connectivity index (χ0v) is 9.51. The van der Waals surface area contributed by atoms with Crippen molar-refractivity contribution in [3.63, 3.8) is 0 Å². The Kier molecular flexibility index (Phi) is 4.36. The van der Waals surface area contributed by atoms with E-state index in [1.165, 1.54) is 6.92 Å². The van der Waals surface area contributed by atoms with Crippen LogP contribution in [0.1, 0.15) is 26.2 Å². The van der Waals surface area contributed by atoms with Gasteiger partial charge in [-0.1, -0.05) is 0 Å². The van der Waals surface area contributed by atoms with Crippen LogP contribution in [0.3, 0.4) is 0 Å². The number of piperidine rings is 1. The van der Waals surface area contributed by atoms with Crippen molar-refractivity contribution in [3.05, 3.63) is 0 Å². The van der Waals surface area contributed by atoms with Crippen LogP contribution < -0.4 is 5.32 Å². The van der Waals surface area contributed by atoms with Gasteiger partial charge in [-0.3, -0.25) is 9.59 Å². The third-order valence-electron chi connectivity index (χ3n) is 2.69. The molecule has 2 amide bonds. The second kappa shape index (κ2) is 5.37. The van der Waals surface area contributed by atoms with Crippen LogP contribution in [0, 0.1) is 0 Å². The number of nitrogens with one attached hydrogen (secondary N) is 1. The molecule has 1 saturated heterocycles. The van der Waals surface area contributed by atoms with Crippen molar-refractivity contribution in [1.29, 1.82) is 0 Å². The third kappa shape index (κ3) is 3.90. The maximum atomic E-state index is 12.7. The normalized spacial score (nSPS) is 21.2. The van der Waals surface area contributed by atoms with E-state index < -0.39 is 24.0 Å². The van der Waals surface area contributed by atoms with Gasteiger partial charge in [0.15, 0.2) is 0 Å². The van der Waals surface area contributed by atoms with E-state index in [9.17, 15) is 22.8 Å². The molecule has 7 heteroatoms. The largest absolute Gasteiger partial charge is 0.408 e. The average Bonchev–Trinajstić information content (AvgIpc) is 2.24. The lowest BCUT2D eigenvalue weighted by atomic mass is 10.0. The summed E-state index contributed by atoms with van der Waals surface area (Å²) in [6, 6.07) is -1.71. The minimum atomic E-state index is -4.40. The summed E-state index contributed by atoms with van der Waals surface area (Å²) in [6.07, 6.45) is -3.42. The Labute approximate surface area is 97.1 Å². The molecule has 1 N–H and O–H groups in total. The number of hydrogen-bond acceptors (Lipinski definition) is 2. The van der Waals surface area contributed by atoms with Crippen molar-refractivity contribution in [2.24, 2.45) is 0 Å². The van der Waals surface area contributed by atoms with E-state index in [2.05, 4.69) is 5.32 Å². The minimum Gasteiger partial charge on any atom is -0.347 e. The predicted octanol–water partition coefficient (Wildman–Crippen LogP) is 1.07. The number of halogens is 3. The molecule has 1 aliphatic rings. The van der Waals surface area contributed by atoms with E-state index in [1.807, 2.05) is 0 Å². The second-order valence-corrected chi connectivity index (χ2v) is 4.05. The average molecular weight is 252 g/mol. The van der Waals surface area contributed by atoms with Gasteiger partial charge >= 0.3 is 6.18 Å². The summed E-state index contributed by atoms with van der Waals surface area (Å²) >= 11 is 0. The van der Waals surface area contributed by atoms with Gasteiger partial charge in [0, 0.05) is 13.5 Å². The molecular formula is C10H15F3N2O2. The Balaban J connectivity index is 2.64. The van der Waals surface area contributed by atoms with E-state index >= 15 is 0 Å². The van der Waals surface area contributed by atoms with E-state index in [0.717, 1.165) is 4.90 Å². The van der Waals surface area contributed by atoms with Crippen LogP contribution >= 0.6 is 0 Å². The van der Waals surface area contributed by atoms with Gasteiger partial charge in [0.1, 0.15) is 6.04 Å². The number of rotatable bonds is 2. The Morgan fingerprint density at radius 2 is 2.00 bits per heavy atom. The number of carbonyl (C=O) groups is 2. The SMILES string of the molecule is CC(=O)NCC(=O)N1CCCCC1C(F)(F)F.